The van der Waals surface area contributed by atoms with Crippen molar-refractivity contribution in [2.45, 2.75) is 31.5 Å². The van der Waals surface area contributed by atoms with Crippen LogP contribution in [0.15, 0.2) is 30.5 Å². The van der Waals surface area contributed by atoms with Crippen LogP contribution in [-0.4, -0.2) is 48.2 Å². The Labute approximate surface area is 180 Å². The van der Waals surface area contributed by atoms with E-state index < -0.39 is 12.2 Å². The van der Waals surface area contributed by atoms with E-state index in [1.807, 2.05) is 0 Å². The number of amides is 1. The Morgan fingerprint density at radius 3 is 2.84 bits per heavy atom. The van der Waals surface area contributed by atoms with Gasteiger partial charge in [0, 0.05) is 38.7 Å². The minimum absolute atomic E-state index is 0.163. The van der Waals surface area contributed by atoms with Crippen LogP contribution < -0.4 is 21.3 Å². The molecule has 1 aromatic carbocycles. The van der Waals surface area contributed by atoms with E-state index in [0.29, 0.717) is 42.3 Å². The topological polar surface area (TPSA) is 115 Å². The standard InChI is InChI=1S/C22H24FN7O/c1-25-20-16(5-3-2-4-10-26-21(31)19-11-17(23)14-27-19)13-28-22(30-20)29-18-8-6-15(12-24)7-9-18/h6-9,13,17,19,27H,2,4,10-11,14H2,1H3,(H,26,31)(H2,25,28,29,30)/t17-,19?/m0/s1. The normalized spacial score (nSPS) is 17.2. The number of anilines is 3. The number of carbonyl (C=O) groups is 1. The molecule has 2 atom stereocenters. The van der Waals surface area contributed by atoms with E-state index in [4.69, 9.17) is 5.26 Å². The second kappa shape index (κ2) is 10.9. The first-order chi connectivity index (χ1) is 15.1. The zero-order valence-electron chi connectivity index (χ0n) is 17.2. The number of nitriles is 1. The monoisotopic (exact) mass is 421 g/mol. The van der Waals surface area contributed by atoms with Gasteiger partial charge in [0.1, 0.15) is 12.0 Å². The molecule has 160 valence electrons. The third-order valence-electron chi connectivity index (χ3n) is 4.69. The first-order valence-corrected chi connectivity index (χ1v) is 10.0. The number of alkyl halides is 1. The van der Waals surface area contributed by atoms with Gasteiger partial charge in [0.05, 0.1) is 29.4 Å². The number of carbonyl (C=O) groups excluding carboxylic acids is 1. The lowest BCUT2D eigenvalue weighted by Crippen LogP contribution is -2.40. The highest BCUT2D eigenvalue weighted by Gasteiger charge is 2.28. The Hall–Kier alpha value is -3.69. The van der Waals surface area contributed by atoms with Gasteiger partial charge < -0.3 is 21.3 Å². The number of nitrogens with one attached hydrogen (secondary N) is 4. The predicted octanol–water partition coefficient (Wildman–Crippen LogP) is 2.08. The maximum Gasteiger partial charge on any atom is 0.237 e. The average molecular weight is 421 g/mol. The first kappa shape index (κ1) is 22.0. The van der Waals surface area contributed by atoms with E-state index >= 15 is 0 Å². The van der Waals surface area contributed by atoms with Crippen LogP contribution in [0.4, 0.5) is 21.8 Å². The highest BCUT2D eigenvalue weighted by atomic mass is 19.1. The molecule has 1 unspecified atom stereocenters. The summed E-state index contributed by atoms with van der Waals surface area (Å²) in [5.41, 5.74) is 2.02. The van der Waals surface area contributed by atoms with Crippen LogP contribution in [0.3, 0.4) is 0 Å². The molecule has 1 aromatic heterocycles. The van der Waals surface area contributed by atoms with Crippen LogP contribution in [0.5, 0.6) is 0 Å². The van der Waals surface area contributed by atoms with Crippen molar-refractivity contribution >= 4 is 23.4 Å². The van der Waals surface area contributed by atoms with Crippen LogP contribution in [0, 0.1) is 23.2 Å². The molecule has 2 heterocycles. The maximum absolute atomic E-state index is 13.1. The van der Waals surface area contributed by atoms with Gasteiger partial charge in [-0.25, -0.2) is 9.37 Å². The Morgan fingerprint density at radius 2 is 2.16 bits per heavy atom. The van der Waals surface area contributed by atoms with Crippen LogP contribution in [-0.2, 0) is 4.79 Å². The van der Waals surface area contributed by atoms with E-state index in [-0.39, 0.29) is 18.9 Å². The first-order valence-electron chi connectivity index (χ1n) is 10.0. The zero-order chi connectivity index (χ0) is 22.1. The average Bonchev–Trinajstić information content (AvgIpc) is 3.23. The Balaban J connectivity index is 1.48. The van der Waals surface area contributed by atoms with E-state index in [1.165, 1.54) is 0 Å². The van der Waals surface area contributed by atoms with Gasteiger partial charge in [0.15, 0.2) is 0 Å². The smallest absolute Gasteiger partial charge is 0.237 e. The van der Waals surface area contributed by atoms with Crippen molar-refractivity contribution < 1.29 is 9.18 Å². The minimum Gasteiger partial charge on any atom is -0.372 e. The minimum atomic E-state index is -0.948. The Morgan fingerprint density at radius 1 is 1.35 bits per heavy atom. The molecule has 3 rings (SSSR count). The summed E-state index contributed by atoms with van der Waals surface area (Å²) in [6.07, 6.45) is 2.21. The van der Waals surface area contributed by atoms with Gasteiger partial charge in [-0.1, -0.05) is 11.8 Å². The lowest BCUT2D eigenvalue weighted by molar-refractivity contribution is -0.122. The lowest BCUT2D eigenvalue weighted by atomic mass is 10.2. The fourth-order valence-electron chi connectivity index (χ4n) is 3.04. The summed E-state index contributed by atoms with van der Waals surface area (Å²) >= 11 is 0. The largest absolute Gasteiger partial charge is 0.372 e. The van der Waals surface area contributed by atoms with Crippen molar-refractivity contribution in [3.63, 3.8) is 0 Å². The molecule has 0 saturated carbocycles. The fraction of sp³-hybridized carbons (Fsp3) is 0.364. The van der Waals surface area contributed by atoms with Gasteiger partial charge in [-0.05, 0) is 30.7 Å². The van der Waals surface area contributed by atoms with E-state index in [1.54, 1.807) is 37.5 Å². The van der Waals surface area contributed by atoms with Crippen molar-refractivity contribution in [3.8, 4) is 17.9 Å². The summed E-state index contributed by atoms with van der Waals surface area (Å²) in [5, 5.41) is 20.6. The van der Waals surface area contributed by atoms with Crippen molar-refractivity contribution in [2.24, 2.45) is 0 Å². The number of unbranched alkanes of at least 4 members (excludes halogenated alkanes) is 1. The molecule has 8 nitrogen and oxygen atoms in total. The summed E-state index contributed by atoms with van der Waals surface area (Å²) in [7, 11) is 1.76. The van der Waals surface area contributed by atoms with Crippen LogP contribution in [0.2, 0.25) is 0 Å². The Kier molecular flexibility index (Phi) is 7.74. The molecule has 9 heteroatoms. The summed E-state index contributed by atoms with van der Waals surface area (Å²) in [4.78, 5) is 20.6. The molecule has 1 amide bonds. The number of rotatable bonds is 7. The molecule has 1 aliphatic heterocycles. The molecular formula is C22H24FN7O. The van der Waals surface area contributed by atoms with Gasteiger partial charge in [-0.15, -0.1) is 0 Å². The van der Waals surface area contributed by atoms with Gasteiger partial charge >= 0.3 is 0 Å². The van der Waals surface area contributed by atoms with Crippen molar-refractivity contribution in [2.75, 3.05) is 30.8 Å². The molecule has 0 bridgehead atoms. The van der Waals surface area contributed by atoms with E-state index in [0.717, 1.165) is 5.69 Å². The molecule has 0 aliphatic carbocycles. The van der Waals surface area contributed by atoms with Crippen molar-refractivity contribution in [3.05, 3.63) is 41.6 Å². The molecule has 1 aliphatic rings. The summed E-state index contributed by atoms with van der Waals surface area (Å²) in [6.45, 7) is 0.729. The van der Waals surface area contributed by atoms with Crippen LogP contribution in [0.1, 0.15) is 30.4 Å². The fourth-order valence-corrected chi connectivity index (χ4v) is 3.04. The number of hydrogen-bond donors (Lipinski definition) is 4. The summed E-state index contributed by atoms with van der Waals surface area (Å²) in [6, 6.07) is 8.63. The van der Waals surface area contributed by atoms with Crippen molar-refractivity contribution in [1.29, 1.82) is 5.26 Å². The molecular weight excluding hydrogens is 397 g/mol. The highest BCUT2D eigenvalue weighted by Crippen LogP contribution is 2.17. The second-order valence-electron chi connectivity index (χ2n) is 7.01. The third kappa shape index (κ3) is 6.39. The van der Waals surface area contributed by atoms with Gasteiger partial charge in [0.2, 0.25) is 11.9 Å². The molecule has 0 radical (unpaired) electrons. The number of halogens is 1. The molecule has 0 spiro atoms. The molecule has 1 fully saturated rings. The van der Waals surface area contributed by atoms with Crippen LogP contribution in [0.25, 0.3) is 0 Å². The lowest BCUT2D eigenvalue weighted by Gasteiger charge is -2.09. The maximum atomic E-state index is 13.1. The highest BCUT2D eigenvalue weighted by molar-refractivity contribution is 5.82. The van der Waals surface area contributed by atoms with Gasteiger partial charge in [0.25, 0.3) is 0 Å². The second-order valence-corrected chi connectivity index (χ2v) is 7.01. The summed E-state index contributed by atoms with van der Waals surface area (Å²) < 4.78 is 13.1. The summed E-state index contributed by atoms with van der Waals surface area (Å²) in [5.74, 6) is 6.95. The SMILES string of the molecule is CNc1nc(Nc2ccc(C#N)cc2)ncc1C#CCCCNC(=O)C1C[C@H](F)CN1. The molecule has 1 saturated heterocycles. The molecule has 2 aromatic rings. The predicted molar refractivity (Wildman–Crippen MR) is 116 cm³/mol. The Bertz CT molecular complexity index is 1010. The number of hydrogen-bond acceptors (Lipinski definition) is 7. The van der Waals surface area contributed by atoms with Crippen LogP contribution >= 0.6 is 0 Å². The quantitative estimate of drug-likeness (QED) is 0.400. The third-order valence-corrected chi connectivity index (χ3v) is 4.69. The molecule has 4 N–H and O–H groups in total. The number of benzene rings is 1. The van der Waals surface area contributed by atoms with E-state index in [2.05, 4.69) is 49.1 Å². The number of nitrogens with zero attached hydrogens (tertiary/aromatic N) is 3. The zero-order valence-corrected chi connectivity index (χ0v) is 17.2. The van der Waals surface area contributed by atoms with E-state index in [9.17, 15) is 9.18 Å². The molecule has 31 heavy (non-hydrogen) atoms. The van der Waals surface area contributed by atoms with Gasteiger partial charge in [-0.2, -0.15) is 10.2 Å². The number of aromatic nitrogens is 2. The van der Waals surface area contributed by atoms with Crippen molar-refractivity contribution in [1.82, 2.24) is 20.6 Å². The van der Waals surface area contributed by atoms with Gasteiger partial charge in [-0.3, -0.25) is 4.79 Å².